The van der Waals surface area contributed by atoms with Gasteiger partial charge in [-0.1, -0.05) is 6.92 Å². The van der Waals surface area contributed by atoms with Crippen LogP contribution in [-0.4, -0.2) is 56.3 Å². The minimum absolute atomic E-state index is 0. The molecule has 0 saturated carbocycles. The fraction of sp³-hybridized carbons (Fsp3) is 1.00. The lowest BCUT2D eigenvalue weighted by atomic mass is 10.3. The Hall–Kier alpha value is 0.120. The Bertz CT molecular complexity index is 297. The quantitative estimate of drug-likeness (QED) is 0.800. The van der Waals surface area contributed by atoms with Gasteiger partial charge in [-0.05, 0) is 13.3 Å². The second-order valence-corrected chi connectivity index (χ2v) is 6.08. The smallest absolute Gasteiger partial charge is 0.281 e. The SMILES string of the molecule is CCCN(C)S(=O)(=O)N1CCN[C@@H](C)C1.Cl. The van der Waals surface area contributed by atoms with E-state index in [1.807, 2.05) is 13.8 Å². The summed E-state index contributed by atoms with van der Waals surface area (Å²) in [7, 11) is -1.59. The van der Waals surface area contributed by atoms with Crippen LogP contribution in [0.1, 0.15) is 20.3 Å². The van der Waals surface area contributed by atoms with E-state index < -0.39 is 10.2 Å². The Morgan fingerprint density at radius 3 is 2.62 bits per heavy atom. The molecule has 0 aromatic carbocycles. The maximum atomic E-state index is 12.0. The first-order valence-corrected chi connectivity index (χ1v) is 6.83. The number of hydrogen-bond acceptors (Lipinski definition) is 3. The fourth-order valence-electron chi connectivity index (χ4n) is 1.73. The van der Waals surface area contributed by atoms with Crippen molar-refractivity contribution in [1.29, 1.82) is 0 Å². The minimum atomic E-state index is -3.23. The van der Waals surface area contributed by atoms with Crippen molar-refractivity contribution in [1.82, 2.24) is 13.9 Å². The summed E-state index contributed by atoms with van der Waals surface area (Å²) in [6, 6.07) is 0.239. The van der Waals surface area contributed by atoms with Crippen LogP contribution in [0.4, 0.5) is 0 Å². The van der Waals surface area contributed by atoms with E-state index in [-0.39, 0.29) is 18.4 Å². The van der Waals surface area contributed by atoms with Crippen LogP contribution in [0.3, 0.4) is 0 Å². The number of hydrogen-bond donors (Lipinski definition) is 1. The molecule has 0 bridgehead atoms. The molecule has 5 nitrogen and oxygen atoms in total. The first kappa shape index (κ1) is 16.1. The van der Waals surface area contributed by atoms with Gasteiger partial charge < -0.3 is 5.32 Å². The largest absolute Gasteiger partial charge is 0.312 e. The highest BCUT2D eigenvalue weighted by atomic mass is 35.5. The first-order valence-electron chi connectivity index (χ1n) is 5.43. The highest BCUT2D eigenvalue weighted by molar-refractivity contribution is 7.86. The predicted octanol–water partition coefficient (Wildman–Crippen LogP) is 0.288. The van der Waals surface area contributed by atoms with Crippen LogP contribution in [0.25, 0.3) is 0 Å². The normalized spacial score (nSPS) is 23.1. The van der Waals surface area contributed by atoms with Gasteiger partial charge in [-0.3, -0.25) is 0 Å². The molecule has 1 atom stereocenters. The topological polar surface area (TPSA) is 52.7 Å². The molecule has 0 amide bonds. The average molecular weight is 272 g/mol. The van der Waals surface area contributed by atoms with Crippen LogP contribution in [0, 0.1) is 0 Å². The van der Waals surface area contributed by atoms with Crippen LogP contribution < -0.4 is 5.32 Å². The summed E-state index contributed by atoms with van der Waals surface area (Å²) in [5.74, 6) is 0. The van der Waals surface area contributed by atoms with E-state index in [2.05, 4.69) is 5.32 Å². The summed E-state index contributed by atoms with van der Waals surface area (Å²) in [6.45, 7) is 6.44. The standard InChI is InChI=1S/C9H21N3O2S.ClH/c1-4-6-11(3)15(13,14)12-7-5-10-9(2)8-12;/h9-10H,4-8H2,1-3H3;1H/t9-;/m0./s1. The van der Waals surface area contributed by atoms with E-state index in [0.717, 1.165) is 13.0 Å². The molecule has 1 fully saturated rings. The van der Waals surface area contributed by atoms with Gasteiger partial charge in [0.1, 0.15) is 0 Å². The van der Waals surface area contributed by atoms with E-state index in [1.54, 1.807) is 11.4 Å². The molecule has 1 aliphatic heterocycles. The Balaban J connectivity index is 0.00000225. The van der Waals surface area contributed by atoms with E-state index in [9.17, 15) is 8.42 Å². The zero-order chi connectivity index (χ0) is 11.5. The summed E-state index contributed by atoms with van der Waals surface area (Å²) in [4.78, 5) is 0. The van der Waals surface area contributed by atoms with Gasteiger partial charge in [0, 0.05) is 39.3 Å². The maximum absolute atomic E-state index is 12.0. The van der Waals surface area contributed by atoms with Crippen molar-refractivity contribution < 1.29 is 8.42 Å². The zero-order valence-corrected chi connectivity index (χ0v) is 11.8. The molecule has 0 aromatic heterocycles. The summed E-state index contributed by atoms with van der Waals surface area (Å²) in [6.07, 6.45) is 0.845. The van der Waals surface area contributed by atoms with Crippen molar-refractivity contribution >= 4 is 22.6 Å². The second kappa shape index (κ2) is 6.76. The number of halogens is 1. The molecule has 1 aliphatic rings. The van der Waals surface area contributed by atoms with Crippen LogP contribution in [-0.2, 0) is 10.2 Å². The zero-order valence-electron chi connectivity index (χ0n) is 10.1. The van der Waals surface area contributed by atoms with Crippen molar-refractivity contribution in [2.45, 2.75) is 26.3 Å². The molecule has 0 spiro atoms. The third-order valence-electron chi connectivity index (χ3n) is 2.59. The summed E-state index contributed by atoms with van der Waals surface area (Å²) in [5.41, 5.74) is 0. The molecule has 98 valence electrons. The van der Waals surface area contributed by atoms with Gasteiger partial charge in [-0.2, -0.15) is 17.0 Å². The van der Waals surface area contributed by atoms with Crippen molar-refractivity contribution in [3.63, 3.8) is 0 Å². The lowest BCUT2D eigenvalue weighted by Crippen LogP contribution is -2.54. The number of nitrogens with one attached hydrogen (secondary N) is 1. The third kappa shape index (κ3) is 3.85. The lowest BCUT2D eigenvalue weighted by molar-refractivity contribution is 0.288. The van der Waals surface area contributed by atoms with Crippen molar-refractivity contribution in [3.05, 3.63) is 0 Å². The Morgan fingerprint density at radius 1 is 1.50 bits per heavy atom. The lowest BCUT2D eigenvalue weighted by Gasteiger charge is -2.33. The monoisotopic (exact) mass is 271 g/mol. The number of rotatable bonds is 4. The molecule has 1 rings (SSSR count). The van der Waals surface area contributed by atoms with Crippen molar-refractivity contribution in [3.8, 4) is 0 Å². The Morgan fingerprint density at radius 2 is 2.12 bits per heavy atom. The van der Waals surface area contributed by atoms with Crippen LogP contribution in [0.2, 0.25) is 0 Å². The molecule has 1 heterocycles. The third-order valence-corrected chi connectivity index (χ3v) is 4.54. The average Bonchev–Trinajstić information content (AvgIpc) is 2.18. The summed E-state index contributed by atoms with van der Waals surface area (Å²) in [5, 5.41) is 3.23. The highest BCUT2D eigenvalue weighted by Gasteiger charge is 2.29. The molecule has 1 N–H and O–H groups in total. The van der Waals surface area contributed by atoms with Gasteiger partial charge >= 0.3 is 0 Å². The van der Waals surface area contributed by atoms with E-state index >= 15 is 0 Å². The molecule has 0 aliphatic carbocycles. The first-order chi connectivity index (χ1) is 6.98. The van der Waals surface area contributed by atoms with E-state index in [1.165, 1.54) is 4.31 Å². The van der Waals surface area contributed by atoms with Gasteiger partial charge in [0.05, 0.1) is 0 Å². The van der Waals surface area contributed by atoms with Gasteiger partial charge in [0.2, 0.25) is 0 Å². The fourth-order valence-corrected chi connectivity index (χ4v) is 3.28. The summed E-state index contributed by atoms with van der Waals surface area (Å²) < 4.78 is 27.1. The van der Waals surface area contributed by atoms with Crippen LogP contribution in [0.15, 0.2) is 0 Å². The van der Waals surface area contributed by atoms with Crippen molar-refractivity contribution in [2.24, 2.45) is 0 Å². The maximum Gasteiger partial charge on any atom is 0.281 e. The van der Waals surface area contributed by atoms with Crippen molar-refractivity contribution in [2.75, 3.05) is 33.2 Å². The minimum Gasteiger partial charge on any atom is -0.312 e. The van der Waals surface area contributed by atoms with E-state index in [0.29, 0.717) is 19.6 Å². The Kier molecular flexibility index (Phi) is 6.81. The van der Waals surface area contributed by atoms with Gasteiger partial charge in [-0.15, -0.1) is 12.4 Å². The molecule has 16 heavy (non-hydrogen) atoms. The summed E-state index contributed by atoms with van der Waals surface area (Å²) >= 11 is 0. The molecule has 1 saturated heterocycles. The predicted molar refractivity (Wildman–Crippen MR) is 68.1 cm³/mol. The molecule has 7 heteroatoms. The molecule has 0 radical (unpaired) electrons. The molecular formula is C9H22ClN3O2S. The highest BCUT2D eigenvalue weighted by Crippen LogP contribution is 2.09. The van der Waals surface area contributed by atoms with E-state index in [4.69, 9.17) is 0 Å². The van der Waals surface area contributed by atoms with Gasteiger partial charge in [-0.25, -0.2) is 0 Å². The molecule has 0 unspecified atom stereocenters. The van der Waals surface area contributed by atoms with Crippen LogP contribution >= 0.6 is 12.4 Å². The van der Waals surface area contributed by atoms with Gasteiger partial charge in [0.15, 0.2) is 0 Å². The number of piperazine rings is 1. The second-order valence-electron chi connectivity index (χ2n) is 4.04. The van der Waals surface area contributed by atoms with Gasteiger partial charge in [0.25, 0.3) is 10.2 Å². The number of nitrogens with zero attached hydrogens (tertiary/aromatic N) is 2. The molecule has 0 aromatic rings. The molecular weight excluding hydrogens is 250 g/mol. The van der Waals surface area contributed by atoms with Crippen LogP contribution in [0.5, 0.6) is 0 Å². The Labute approximate surface area is 105 Å².